The summed E-state index contributed by atoms with van der Waals surface area (Å²) in [6.45, 7) is 1.10. The molecule has 0 radical (unpaired) electrons. The lowest BCUT2D eigenvalue weighted by Gasteiger charge is -2.36. The molecule has 148 valence electrons. The Kier molecular flexibility index (Phi) is 5.51. The molecule has 1 N–H and O–H groups in total. The largest absolute Gasteiger partial charge is 0.465 e. The Labute approximate surface area is 169 Å². The van der Waals surface area contributed by atoms with E-state index in [1.807, 2.05) is 30.3 Å². The predicted molar refractivity (Wildman–Crippen MR) is 109 cm³/mol. The number of nitrogens with one attached hydrogen (secondary N) is 1. The number of methoxy groups -OCH3 is 1. The molecule has 28 heavy (non-hydrogen) atoms. The lowest BCUT2D eigenvalue weighted by molar-refractivity contribution is -0.125. The zero-order valence-electron chi connectivity index (χ0n) is 16.1. The Bertz CT molecular complexity index is 868. The molecule has 6 heteroatoms. The summed E-state index contributed by atoms with van der Waals surface area (Å²) in [5, 5.41) is 3.75. The second-order valence-corrected chi connectivity index (χ2v) is 8.53. The van der Waals surface area contributed by atoms with E-state index in [9.17, 15) is 9.59 Å². The molecular formula is C22H25NO4S. The van der Waals surface area contributed by atoms with Gasteiger partial charge in [-0.1, -0.05) is 30.3 Å². The molecule has 0 saturated carbocycles. The minimum absolute atomic E-state index is 0.0641. The lowest BCUT2D eigenvalue weighted by atomic mass is 9.73. The molecule has 1 aromatic heterocycles. The number of thiophene rings is 1. The van der Waals surface area contributed by atoms with Crippen LogP contribution in [0.1, 0.15) is 52.0 Å². The van der Waals surface area contributed by atoms with Crippen molar-refractivity contribution in [2.45, 2.75) is 43.9 Å². The van der Waals surface area contributed by atoms with Crippen molar-refractivity contribution >= 4 is 28.2 Å². The highest BCUT2D eigenvalue weighted by Gasteiger charge is 2.42. The first kappa shape index (κ1) is 19.2. The summed E-state index contributed by atoms with van der Waals surface area (Å²) >= 11 is 1.53. The summed E-state index contributed by atoms with van der Waals surface area (Å²) in [5.41, 5.74) is 1.96. The van der Waals surface area contributed by atoms with E-state index in [1.54, 1.807) is 0 Å². The number of esters is 1. The zero-order chi connectivity index (χ0) is 19.6. The fourth-order valence-electron chi connectivity index (χ4n) is 4.32. The highest BCUT2D eigenvalue weighted by molar-refractivity contribution is 7.17. The SMILES string of the molecule is COC(=O)c1c(NC(=O)C2(c3ccccc3)CCOCC2)sc2c1CCCC2. The summed E-state index contributed by atoms with van der Waals surface area (Å²) in [6.07, 6.45) is 5.25. The summed E-state index contributed by atoms with van der Waals surface area (Å²) in [7, 11) is 1.39. The number of hydrogen-bond acceptors (Lipinski definition) is 5. The zero-order valence-corrected chi connectivity index (χ0v) is 16.9. The van der Waals surface area contributed by atoms with Gasteiger partial charge in [0.25, 0.3) is 0 Å². The number of amides is 1. The number of ether oxygens (including phenoxy) is 2. The van der Waals surface area contributed by atoms with Gasteiger partial charge in [0.2, 0.25) is 5.91 Å². The third-order valence-corrected chi connectivity index (χ3v) is 7.10. The van der Waals surface area contributed by atoms with E-state index in [2.05, 4.69) is 5.32 Å². The van der Waals surface area contributed by atoms with Crippen molar-refractivity contribution in [3.05, 3.63) is 51.9 Å². The molecule has 5 nitrogen and oxygen atoms in total. The fourth-order valence-corrected chi connectivity index (χ4v) is 5.59. The number of carbonyl (C=O) groups is 2. The Balaban J connectivity index is 1.70. The van der Waals surface area contributed by atoms with Crippen molar-refractivity contribution in [1.29, 1.82) is 0 Å². The van der Waals surface area contributed by atoms with Crippen molar-refractivity contribution in [1.82, 2.24) is 0 Å². The number of hydrogen-bond donors (Lipinski definition) is 1. The smallest absolute Gasteiger partial charge is 0.341 e. The molecule has 0 spiro atoms. The van der Waals surface area contributed by atoms with Crippen LogP contribution in [0.4, 0.5) is 5.00 Å². The van der Waals surface area contributed by atoms with Crippen LogP contribution in [0.2, 0.25) is 0 Å². The molecule has 1 amide bonds. The average Bonchev–Trinajstić information content (AvgIpc) is 3.12. The Morgan fingerprint density at radius 3 is 2.54 bits per heavy atom. The van der Waals surface area contributed by atoms with Gasteiger partial charge in [-0.25, -0.2) is 4.79 Å². The van der Waals surface area contributed by atoms with Gasteiger partial charge >= 0.3 is 5.97 Å². The van der Waals surface area contributed by atoms with Gasteiger partial charge in [0, 0.05) is 18.1 Å². The quantitative estimate of drug-likeness (QED) is 0.786. The number of aryl methyl sites for hydroxylation is 1. The molecule has 4 rings (SSSR count). The van der Waals surface area contributed by atoms with Gasteiger partial charge < -0.3 is 14.8 Å². The normalized spacial score (nSPS) is 18.2. The first-order valence-corrected chi connectivity index (χ1v) is 10.6. The number of anilines is 1. The second-order valence-electron chi connectivity index (χ2n) is 7.42. The minimum atomic E-state index is -0.641. The standard InChI is InChI=1S/C22H25NO4S/c1-26-20(24)18-16-9-5-6-10-17(16)28-19(18)23-21(25)22(11-13-27-14-12-22)15-7-3-2-4-8-15/h2-4,7-8H,5-6,9-14H2,1H3,(H,23,25). The topological polar surface area (TPSA) is 64.6 Å². The van der Waals surface area contributed by atoms with Gasteiger partial charge in [-0.3, -0.25) is 4.79 Å². The number of rotatable bonds is 4. The first-order valence-electron chi connectivity index (χ1n) is 9.83. The molecule has 1 saturated heterocycles. The fraction of sp³-hybridized carbons (Fsp3) is 0.455. The van der Waals surface area contributed by atoms with Crippen LogP contribution in [0, 0.1) is 0 Å². The molecule has 0 unspecified atom stereocenters. The van der Waals surface area contributed by atoms with Gasteiger partial charge in [-0.05, 0) is 49.7 Å². The van der Waals surface area contributed by atoms with Gasteiger partial charge in [-0.15, -0.1) is 11.3 Å². The molecule has 0 bridgehead atoms. The van der Waals surface area contributed by atoms with Crippen molar-refractivity contribution < 1.29 is 19.1 Å². The van der Waals surface area contributed by atoms with Crippen molar-refractivity contribution in [3.63, 3.8) is 0 Å². The molecule has 2 heterocycles. The van der Waals surface area contributed by atoms with E-state index in [1.165, 1.54) is 23.3 Å². The Morgan fingerprint density at radius 2 is 1.82 bits per heavy atom. The number of carbonyl (C=O) groups excluding carboxylic acids is 2. The Hall–Kier alpha value is -2.18. The third kappa shape index (κ3) is 3.35. The van der Waals surface area contributed by atoms with E-state index in [4.69, 9.17) is 9.47 Å². The van der Waals surface area contributed by atoms with Gasteiger partial charge in [0.1, 0.15) is 5.00 Å². The second kappa shape index (κ2) is 8.05. The van der Waals surface area contributed by atoms with Crippen molar-refractivity contribution in [2.75, 3.05) is 25.6 Å². The summed E-state index contributed by atoms with van der Waals surface area (Å²) < 4.78 is 10.6. The first-order chi connectivity index (χ1) is 13.7. The Morgan fingerprint density at radius 1 is 1.11 bits per heavy atom. The highest BCUT2D eigenvalue weighted by Crippen LogP contribution is 2.41. The molecule has 1 aliphatic carbocycles. The molecule has 1 aromatic carbocycles. The highest BCUT2D eigenvalue weighted by atomic mass is 32.1. The van der Waals surface area contributed by atoms with E-state index in [-0.39, 0.29) is 11.9 Å². The van der Waals surface area contributed by atoms with Crippen molar-refractivity contribution in [2.24, 2.45) is 0 Å². The van der Waals surface area contributed by atoms with Gasteiger partial charge in [0.05, 0.1) is 18.1 Å². The van der Waals surface area contributed by atoms with E-state index in [0.29, 0.717) is 36.6 Å². The van der Waals surface area contributed by atoms with Crippen LogP contribution >= 0.6 is 11.3 Å². The summed E-state index contributed by atoms with van der Waals surface area (Å²) in [5.74, 6) is -0.429. The average molecular weight is 400 g/mol. The van der Waals surface area contributed by atoms with Crippen LogP contribution in [-0.2, 0) is 32.5 Å². The van der Waals surface area contributed by atoms with E-state index < -0.39 is 5.41 Å². The maximum Gasteiger partial charge on any atom is 0.341 e. The monoisotopic (exact) mass is 399 g/mol. The number of fused-ring (bicyclic) bond motifs is 1. The van der Waals surface area contributed by atoms with Crippen LogP contribution in [0.15, 0.2) is 30.3 Å². The molecule has 1 aliphatic heterocycles. The van der Waals surface area contributed by atoms with E-state index >= 15 is 0 Å². The van der Waals surface area contributed by atoms with Crippen LogP contribution in [-0.4, -0.2) is 32.2 Å². The maximum absolute atomic E-state index is 13.6. The molecule has 0 atom stereocenters. The van der Waals surface area contributed by atoms with Crippen LogP contribution in [0.3, 0.4) is 0 Å². The summed E-state index contributed by atoms with van der Waals surface area (Å²) in [6, 6.07) is 9.89. The lowest BCUT2D eigenvalue weighted by Crippen LogP contribution is -2.44. The van der Waals surface area contributed by atoms with Crippen molar-refractivity contribution in [3.8, 4) is 0 Å². The molecule has 2 aromatic rings. The number of benzene rings is 1. The molecule has 2 aliphatic rings. The van der Waals surface area contributed by atoms with E-state index in [0.717, 1.165) is 36.8 Å². The van der Waals surface area contributed by atoms with Crippen LogP contribution in [0.5, 0.6) is 0 Å². The maximum atomic E-state index is 13.6. The van der Waals surface area contributed by atoms with Crippen LogP contribution < -0.4 is 5.32 Å². The third-order valence-electron chi connectivity index (χ3n) is 5.90. The molecule has 1 fully saturated rings. The predicted octanol–water partition coefficient (Wildman–Crippen LogP) is 4.10. The minimum Gasteiger partial charge on any atom is -0.465 e. The van der Waals surface area contributed by atoms with Crippen LogP contribution in [0.25, 0.3) is 0 Å². The van der Waals surface area contributed by atoms with Gasteiger partial charge in [-0.2, -0.15) is 0 Å². The summed E-state index contributed by atoms with van der Waals surface area (Å²) in [4.78, 5) is 27.2. The molecular weight excluding hydrogens is 374 g/mol. The van der Waals surface area contributed by atoms with Gasteiger partial charge in [0.15, 0.2) is 0 Å².